The van der Waals surface area contributed by atoms with Crippen LogP contribution >= 0.6 is 0 Å². The molecule has 3 nitrogen and oxygen atoms in total. The van der Waals surface area contributed by atoms with Crippen LogP contribution in [0, 0.1) is 11.8 Å². The number of hydrogen-bond donors (Lipinski definition) is 1. The van der Waals surface area contributed by atoms with E-state index < -0.39 is 6.17 Å². The summed E-state index contributed by atoms with van der Waals surface area (Å²) < 4.78 is 13.4. The first kappa shape index (κ1) is 24.7. The first-order valence-corrected chi connectivity index (χ1v) is 10.1. The fourth-order valence-electron chi connectivity index (χ4n) is 2.34. The second-order valence-corrected chi connectivity index (χ2v) is 6.41. The first-order chi connectivity index (χ1) is 14.5. The first-order valence-electron chi connectivity index (χ1n) is 10.1. The van der Waals surface area contributed by atoms with E-state index in [1.807, 2.05) is 53.1 Å². The Labute approximate surface area is 181 Å². The second kappa shape index (κ2) is 13.8. The molecule has 4 heteroatoms. The van der Waals surface area contributed by atoms with Gasteiger partial charge in [-0.25, -0.2) is 4.39 Å². The molecule has 0 saturated heterocycles. The number of benzene rings is 1. The summed E-state index contributed by atoms with van der Waals surface area (Å²) in [5.74, 6) is 6.15. The minimum atomic E-state index is -1.08. The lowest BCUT2D eigenvalue weighted by Crippen LogP contribution is -2.10. The lowest BCUT2D eigenvalue weighted by molar-refractivity contribution is 0.409. The van der Waals surface area contributed by atoms with E-state index in [-0.39, 0.29) is 6.54 Å². The van der Waals surface area contributed by atoms with E-state index in [0.717, 1.165) is 22.4 Å². The normalized spacial score (nSPS) is 18.8. The summed E-state index contributed by atoms with van der Waals surface area (Å²) in [6.07, 6.45) is 11.1. The van der Waals surface area contributed by atoms with Crippen LogP contribution in [0.15, 0.2) is 83.6 Å². The van der Waals surface area contributed by atoms with Crippen LogP contribution in [0.4, 0.5) is 10.1 Å². The van der Waals surface area contributed by atoms with Gasteiger partial charge in [0.05, 0.1) is 18.6 Å². The largest absolute Gasteiger partial charge is 0.378 e. The summed E-state index contributed by atoms with van der Waals surface area (Å²) in [5, 5.41) is 2.97. The van der Waals surface area contributed by atoms with Crippen molar-refractivity contribution in [1.29, 1.82) is 0 Å². The van der Waals surface area contributed by atoms with Gasteiger partial charge in [0, 0.05) is 25.4 Å². The molecule has 0 aromatic heterocycles. The fraction of sp³-hybridized carbons (Fsp3) is 0.269. The number of rotatable bonds is 4. The quantitative estimate of drug-likeness (QED) is 0.513. The molecule has 0 saturated carbocycles. The summed E-state index contributed by atoms with van der Waals surface area (Å²) in [4.78, 5) is 6.02. The van der Waals surface area contributed by atoms with Crippen molar-refractivity contribution in [3.05, 3.63) is 84.1 Å². The van der Waals surface area contributed by atoms with E-state index in [2.05, 4.69) is 57.9 Å². The average Bonchev–Trinajstić information content (AvgIpc) is 2.87. The summed E-state index contributed by atoms with van der Waals surface area (Å²) >= 11 is 0. The Bertz CT molecular complexity index is 888. The van der Waals surface area contributed by atoms with Crippen molar-refractivity contribution in [1.82, 2.24) is 5.32 Å². The highest BCUT2D eigenvalue weighted by Crippen LogP contribution is 2.19. The molecule has 158 valence electrons. The molecule has 0 fully saturated rings. The lowest BCUT2D eigenvalue weighted by atomic mass is 10.1. The molecule has 2 rings (SSSR count). The Hall–Kier alpha value is -3.32. The molecule has 1 N–H and O–H groups in total. The van der Waals surface area contributed by atoms with Crippen LogP contribution in [-0.2, 0) is 0 Å². The highest BCUT2D eigenvalue weighted by molar-refractivity contribution is 5.74. The number of hydrogen-bond acceptors (Lipinski definition) is 3. The molecule has 1 unspecified atom stereocenters. The fourth-order valence-corrected chi connectivity index (χ4v) is 2.34. The van der Waals surface area contributed by atoms with Gasteiger partial charge in [-0.1, -0.05) is 56.7 Å². The predicted octanol–water partition coefficient (Wildman–Crippen LogP) is 5.71. The molecule has 0 amide bonds. The standard InChI is InChI=1S/C24H26FN3.C2H6/c1-5-20(11-14-23-8-6-7-22(25)17-26-18-27-23)10-9-19(2)21-12-15-24(16-13-21)28(3)4;1-2/h5-10,12-13,15-16,18,22H,2,17H2,1,3-4H3,(H,26,27);1-2H3/b7-6+,10-9-,20-5+,23-8-;. The molecule has 0 aliphatic carbocycles. The van der Waals surface area contributed by atoms with Crippen molar-refractivity contribution in [3.8, 4) is 11.8 Å². The number of allylic oxidation sites excluding steroid dienone is 8. The number of alkyl halides is 1. The minimum Gasteiger partial charge on any atom is -0.378 e. The van der Waals surface area contributed by atoms with E-state index >= 15 is 0 Å². The zero-order valence-electron chi connectivity index (χ0n) is 18.6. The summed E-state index contributed by atoms with van der Waals surface area (Å²) in [5.41, 5.74) is 4.63. The third kappa shape index (κ3) is 8.79. The molecule has 30 heavy (non-hydrogen) atoms. The van der Waals surface area contributed by atoms with Crippen LogP contribution in [0.25, 0.3) is 5.57 Å². The Balaban J connectivity index is 0.00000218. The van der Waals surface area contributed by atoms with Crippen molar-refractivity contribution in [2.24, 2.45) is 4.99 Å². The van der Waals surface area contributed by atoms with Gasteiger partial charge in [0.15, 0.2) is 0 Å². The molecule has 1 aromatic rings. The number of halogens is 1. The second-order valence-electron chi connectivity index (χ2n) is 6.41. The Kier molecular flexibility index (Phi) is 11.4. The van der Waals surface area contributed by atoms with Crippen molar-refractivity contribution < 1.29 is 4.39 Å². The molecule has 1 aliphatic heterocycles. The summed E-state index contributed by atoms with van der Waals surface area (Å²) in [6, 6.07) is 8.24. The maximum atomic E-state index is 13.4. The molecular weight excluding hydrogens is 373 g/mol. The van der Waals surface area contributed by atoms with Gasteiger partial charge >= 0.3 is 0 Å². The minimum absolute atomic E-state index is 0.110. The van der Waals surface area contributed by atoms with Crippen LogP contribution < -0.4 is 10.2 Å². The van der Waals surface area contributed by atoms with E-state index in [1.54, 1.807) is 12.2 Å². The molecular formula is C26H32FN3. The topological polar surface area (TPSA) is 27.6 Å². The maximum Gasteiger partial charge on any atom is 0.138 e. The number of aliphatic imine (C=N–C) groups is 1. The Morgan fingerprint density at radius 3 is 2.57 bits per heavy atom. The molecule has 1 aromatic carbocycles. The van der Waals surface area contributed by atoms with E-state index in [0.29, 0.717) is 5.70 Å². The molecule has 1 atom stereocenters. The molecule has 1 aliphatic rings. The van der Waals surface area contributed by atoms with Crippen LogP contribution in [0.5, 0.6) is 0 Å². The third-order valence-corrected chi connectivity index (χ3v) is 4.05. The van der Waals surface area contributed by atoms with Crippen LogP contribution in [0.2, 0.25) is 0 Å². The average molecular weight is 406 g/mol. The van der Waals surface area contributed by atoms with E-state index in [9.17, 15) is 4.39 Å². The van der Waals surface area contributed by atoms with Crippen molar-refractivity contribution >= 4 is 17.6 Å². The summed E-state index contributed by atoms with van der Waals surface area (Å²) in [6.45, 7) is 10.2. The lowest BCUT2D eigenvalue weighted by Gasteiger charge is -2.12. The Morgan fingerprint density at radius 2 is 1.93 bits per heavy atom. The van der Waals surface area contributed by atoms with Gasteiger partial charge in [-0.3, -0.25) is 4.99 Å². The zero-order valence-corrected chi connectivity index (χ0v) is 18.6. The van der Waals surface area contributed by atoms with Gasteiger partial charge in [0.2, 0.25) is 0 Å². The van der Waals surface area contributed by atoms with Crippen LogP contribution in [0.3, 0.4) is 0 Å². The smallest absolute Gasteiger partial charge is 0.138 e. The number of nitrogens with zero attached hydrogens (tertiary/aromatic N) is 2. The van der Waals surface area contributed by atoms with Crippen molar-refractivity contribution in [3.63, 3.8) is 0 Å². The van der Waals surface area contributed by atoms with Gasteiger partial charge in [-0.15, -0.1) is 0 Å². The molecule has 0 bridgehead atoms. The van der Waals surface area contributed by atoms with Crippen molar-refractivity contribution in [2.75, 3.05) is 25.5 Å². The van der Waals surface area contributed by atoms with Gasteiger partial charge in [-0.05, 0) is 54.3 Å². The molecule has 0 radical (unpaired) electrons. The predicted molar refractivity (Wildman–Crippen MR) is 130 cm³/mol. The van der Waals surface area contributed by atoms with E-state index in [4.69, 9.17) is 0 Å². The summed E-state index contributed by atoms with van der Waals surface area (Å²) in [7, 11) is 4.03. The van der Waals surface area contributed by atoms with Gasteiger partial charge in [0.1, 0.15) is 6.17 Å². The Morgan fingerprint density at radius 1 is 1.23 bits per heavy atom. The molecule has 1 heterocycles. The monoisotopic (exact) mass is 405 g/mol. The van der Waals surface area contributed by atoms with E-state index in [1.165, 1.54) is 12.4 Å². The van der Waals surface area contributed by atoms with Gasteiger partial charge in [0.25, 0.3) is 0 Å². The molecule has 0 spiro atoms. The highest BCUT2D eigenvalue weighted by Gasteiger charge is 2.00. The number of nitrogens with one attached hydrogen (secondary N) is 1. The van der Waals surface area contributed by atoms with Crippen LogP contribution in [0.1, 0.15) is 26.3 Å². The third-order valence-electron chi connectivity index (χ3n) is 4.05. The SMILES string of the molecule is C=C(/C=C\C(C#C/C1=C/C=C/C(F)CN=CN1)=C/C)c1ccc(N(C)C)cc1.CC. The van der Waals surface area contributed by atoms with Gasteiger partial charge < -0.3 is 10.2 Å². The van der Waals surface area contributed by atoms with Gasteiger partial charge in [-0.2, -0.15) is 0 Å². The maximum absolute atomic E-state index is 13.4. The van der Waals surface area contributed by atoms with Crippen LogP contribution in [-0.4, -0.2) is 33.2 Å². The number of anilines is 1. The van der Waals surface area contributed by atoms with Crippen molar-refractivity contribution in [2.45, 2.75) is 26.9 Å². The zero-order chi connectivity index (χ0) is 22.4. The highest BCUT2D eigenvalue weighted by atomic mass is 19.1.